The van der Waals surface area contributed by atoms with Crippen LogP contribution in [0.2, 0.25) is 0 Å². The van der Waals surface area contributed by atoms with Gasteiger partial charge >= 0.3 is 0 Å². The highest BCUT2D eigenvalue weighted by Gasteiger charge is 2.28. The monoisotopic (exact) mass is 387 g/mol. The zero-order valence-corrected chi connectivity index (χ0v) is 16.8. The van der Waals surface area contributed by atoms with E-state index in [9.17, 15) is 4.79 Å². The van der Waals surface area contributed by atoms with Crippen molar-refractivity contribution in [1.82, 2.24) is 25.0 Å². The number of likely N-dealkylation sites (tertiary alicyclic amines) is 1. The second kappa shape index (κ2) is 8.83. The second-order valence-electron chi connectivity index (χ2n) is 6.69. The topological polar surface area (TPSA) is 63.1 Å². The van der Waals surface area contributed by atoms with E-state index in [2.05, 4.69) is 29.2 Å². The van der Waals surface area contributed by atoms with E-state index in [1.165, 1.54) is 0 Å². The first kappa shape index (κ1) is 21.7. The van der Waals surface area contributed by atoms with Crippen molar-refractivity contribution in [3.8, 4) is 0 Å². The van der Waals surface area contributed by atoms with Crippen LogP contribution >= 0.6 is 24.8 Å². The number of nitrogens with zero attached hydrogens (tertiary/aromatic N) is 4. The number of carbonyl (C=O) groups is 1. The maximum Gasteiger partial charge on any atom is 0.254 e. The smallest absolute Gasteiger partial charge is 0.254 e. The molecule has 1 saturated heterocycles. The van der Waals surface area contributed by atoms with E-state index in [-0.39, 0.29) is 36.8 Å². The van der Waals surface area contributed by atoms with Gasteiger partial charge in [0.25, 0.3) is 5.91 Å². The van der Waals surface area contributed by atoms with Gasteiger partial charge in [-0.25, -0.2) is 9.67 Å². The number of halogens is 2. The van der Waals surface area contributed by atoms with Crippen molar-refractivity contribution >= 4 is 41.8 Å². The molecule has 0 bridgehead atoms. The van der Waals surface area contributed by atoms with Crippen molar-refractivity contribution in [2.24, 2.45) is 5.92 Å². The van der Waals surface area contributed by atoms with Crippen LogP contribution in [-0.2, 0) is 0 Å². The molecular formula is C17H27Cl2N5O. The average molecular weight is 388 g/mol. The fourth-order valence-electron chi connectivity index (χ4n) is 3.34. The van der Waals surface area contributed by atoms with Gasteiger partial charge in [-0.15, -0.1) is 24.8 Å². The Balaban J connectivity index is 0.00000156. The lowest BCUT2D eigenvalue weighted by Gasteiger charge is -2.17. The Morgan fingerprint density at radius 1 is 1.40 bits per heavy atom. The number of amides is 1. The van der Waals surface area contributed by atoms with Gasteiger partial charge in [-0.3, -0.25) is 4.79 Å². The maximum absolute atomic E-state index is 13.0. The number of rotatable bonds is 4. The van der Waals surface area contributed by atoms with Gasteiger partial charge in [0, 0.05) is 24.8 Å². The van der Waals surface area contributed by atoms with Crippen LogP contribution in [0.1, 0.15) is 42.4 Å². The molecule has 1 amide bonds. The molecule has 1 unspecified atom stereocenters. The minimum atomic E-state index is 0. The van der Waals surface area contributed by atoms with E-state index < -0.39 is 0 Å². The first-order chi connectivity index (χ1) is 11.0. The highest BCUT2D eigenvalue weighted by Crippen LogP contribution is 2.24. The van der Waals surface area contributed by atoms with Crippen LogP contribution in [0.5, 0.6) is 0 Å². The highest BCUT2D eigenvalue weighted by molar-refractivity contribution is 6.05. The normalized spacial score (nSPS) is 16.8. The molecule has 140 valence electrons. The Hall–Kier alpha value is -1.37. The lowest BCUT2D eigenvalue weighted by atomic mass is 10.1. The van der Waals surface area contributed by atoms with Crippen molar-refractivity contribution in [2.45, 2.75) is 33.2 Å². The summed E-state index contributed by atoms with van der Waals surface area (Å²) in [6.45, 7) is 8.68. The van der Waals surface area contributed by atoms with E-state index >= 15 is 0 Å². The quantitative estimate of drug-likeness (QED) is 0.875. The van der Waals surface area contributed by atoms with Crippen molar-refractivity contribution in [3.63, 3.8) is 0 Å². The van der Waals surface area contributed by atoms with Crippen LogP contribution in [0.15, 0.2) is 12.3 Å². The molecule has 3 rings (SSSR count). The summed E-state index contributed by atoms with van der Waals surface area (Å²) in [7, 11) is 1.96. The van der Waals surface area contributed by atoms with Gasteiger partial charge in [0.05, 0.1) is 17.1 Å². The van der Waals surface area contributed by atoms with E-state index in [0.717, 1.165) is 48.3 Å². The van der Waals surface area contributed by atoms with Crippen LogP contribution < -0.4 is 5.32 Å². The van der Waals surface area contributed by atoms with E-state index in [1.807, 2.05) is 29.6 Å². The molecule has 25 heavy (non-hydrogen) atoms. The zero-order chi connectivity index (χ0) is 16.6. The molecule has 1 aliphatic rings. The lowest BCUT2D eigenvalue weighted by molar-refractivity contribution is 0.0789. The summed E-state index contributed by atoms with van der Waals surface area (Å²) < 4.78 is 1.88. The van der Waals surface area contributed by atoms with Crippen molar-refractivity contribution < 1.29 is 4.79 Å². The number of nitrogens with one attached hydrogen (secondary N) is 1. The third kappa shape index (κ3) is 4.25. The predicted octanol–water partition coefficient (Wildman–Crippen LogP) is 2.85. The predicted molar refractivity (Wildman–Crippen MR) is 105 cm³/mol. The minimum absolute atomic E-state index is 0. The third-order valence-electron chi connectivity index (χ3n) is 4.48. The lowest BCUT2D eigenvalue weighted by Crippen LogP contribution is -2.30. The number of aryl methyl sites for hydroxylation is 1. The Kier molecular flexibility index (Phi) is 7.65. The van der Waals surface area contributed by atoms with Gasteiger partial charge < -0.3 is 10.2 Å². The number of carbonyl (C=O) groups excluding carboxylic acids is 1. The number of fused-ring (bicyclic) bond motifs is 1. The molecule has 1 aliphatic heterocycles. The fraction of sp³-hybridized carbons (Fsp3) is 0.588. The van der Waals surface area contributed by atoms with Crippen LogP contribution in [0.3, 0.4) is 0 Å². The molecule has 0 aromatic carbocycles. The molecule has 8 heteroatoms. The molecular weight excluding hydrogens is 361 g/mol. The molecule has 0 saturated carbocycles. The molecule has 1 N–H and O–H groups in total. The third-order valence-corrected chi connectivity index (χ3v) is 4.48. The van der Waals surface area contributed by atoms with E-state index in [0.29, 0.717) is 5.92 Å². The molecule has 3 heterocycles. The Bertz CT molecular complexity index is 731. The summed E-state index contributed by atoms with van der Waals surface area (Å²) in [5, 5.41) is 8.48. The first-order valence-corrected chi connectivity index (χ1v) is 8.30. The molecule has 1 fully saturated rings. The summed E-state index contributed by atoms with van der Waals surface area (Å²) in [5.74, 6) is 0.642. The van der Waals surface area contributed by atoms with Crippen LogP contribution in [0.4, 0.5) is 0 Å². The SMILES string of the molecule is CNCC1CCN(C(=O)c2cc(C)nc3c2cnn3C(C)C)C1.Cl.Cl. The number of pyridine rings is 1. The van der Waals surface area contributed by atoms with Gasteiger partial charge in [-0.2, -0.15) is 5.10 Å². The zero-order valence-electron chi connectivity index (χ0n) is 15.2. The summed E-state index contributed by atoms with van der Waals surface area (Å²) in [6.07, 6.45) is 2.83. The van der Waals surface area contributed by atoms with Gasteiger partial charge in [0.15, 0.2) is 5.65 Å². The molecule has 0 aliphatic carbocycles. The van der Waals surface area contributed by atoms with Gasteiger partial charge in [0.2, 0.25) is 0 Å². The molecule has 1 atom stereocenters. The Morgan fingerprint density at radius 2 is 2.12 bits per heavy atom. The summed E-state index contributed by atoms with van der Waals surface area (Å²) in [4.78, 5) is 19.5. The first-order valence-electron chi connectivity index (χ1n) is 8.30. The Labute approximate surface area is 161 Å². The summed E-state index contributed by atoms with van der Waals surface area (Å²) in [5.41, 5.74) is 2.38. The van der Waals surface area contributed by atoms with Gasteiger partial charge in [-0.1, -0.05) is 0 Å². The summed E-state index contributed by atoms with van der Waals surface area (Å²) in [6, 6.07) is 2.11. The summed E-state index contributed by atoms with van der Waals surface area (Å²) >= 11 is 0. The second-order valence-corrected chi connectivity index (χ2v) is 6.69. The highest BCUT2D eigenvalue weighted by atomic mass is 35.5. The van der Waals surface area contributed by atoms with E-state index in [4.69, 9.17) is 0 Å². The standard InChI is InChI=1S/C17H25N5O.2ClH/c1-11(2)22-16-15(9-19-22)14(7-12(3)20-16)17(23)21-6-5-13(10-21)8-18-4;;/h7,9,11,13,18H,5-6,8,10H2,1-4H3;2*1H. The number of aromatic nitrogens is 3. The molecule has 2 aromatic heterocycles. The van der Waals surface area contributed by atoms with Crippen LogP contribution in [0, 0.1) is 12.8 Å². The average Bonchev–Trinajstić information content (AvgIpc) is 3.12. The van der Waals surface area contributed by atoms with Crippen LogP contribution in [0.25, 0.3) is 11.0 Å². The number of hydrogen-bond acceptors (Lipinski definition) is 4. The van der Waals surface area contributed by atoms with Crippen molar-refractivity contribution in [1.29, 1.82) is 0 Å². The fourth-order valence-corrected chi connectivity index (χ4v) is 3.34. The minimum Gasteiger partial charge on any atom is -0.338 e. The Morgan fingerprint density at radius 3 is 2.76 bits per heavy atom. The molecule has 0 radical (unpaired) electrons. The molecule has 0 spiro atoms. The van der Waals surface area contributed by atoms with Gasteiger partial charge in [0.1, 0.15) is 0 Å². The maximum atomic E-state index is 13.0. The van der Waals surface area contributed by atoms with Crippen LogP contribution in [-0.4, -0.2) is 52.3 Å². The van der Waals surface area contributed by atoms with Crippen molar-refractivity contribution in [3.05, 3.63) is 23.5 Å². The van der Waals surface area contributed by atoms with Crippen molar-refractivity contribution in [2.75, 3.05) is 26.7 Å². The van der Waals surface area contributed by atoms with Gasteiger partial charge in [-0.05, 0) is 52.8 Å². The molecule has 6 nitrogen and oxygen atoms in total. The van der Waals surface area contributed by atoms with E-state index in [1.54, 1.807) is 6.20 Å². The largest absolute Gasteiger partial charge is 0.338 e. The number of hydrogen-bond donors (Lipinski definition) is 1. The molecule has 2 aromatic rings.